The smallest absolute Gasteiger partial charge is 0.420 e. The van der Waals surface area contributed by atoms with Crippen LogP contribution < -0.4 is 0 Å². The van der Waals surface area contributed by atoms with Crippen molar-refractivity contribution in [3.8, 4) is 0 Å². The summed E-state index contributed by atoms with van der Waals surface area (Å²) in [5.41, 5.74) is 0. The predicted octanol–water partition coefficient (Wildman–Crippen LogP) is 3.38. The third kappa shape index (κ3) is 10.2. The maximum atomic E-state index is 6.30. The van der Waals surface area contributed by atoms with E-state index in [9.17, 15) is 0 Å². The lowest BCUT2D eigenvalue weighted by Crippen LogP contribution is -2.45. The first-order valence-corrected chi connectivity index (χ1v) is 19.6. The van der Waals surface area contributed by atoms with Crippen LogP contribution in [-0.4, -0.2) is 106 Å². The maximum Gasteiger partial charge on any atom is 0.500 e. The summed E-state index contributed by atoms with van der Waals surface area (Å²) in [7, 11) is 6.67. The Labute approximate surface area is 205 Å². The Kier molecular flexibility index (Phi) is 17.3. The molecular formula is C19H48O10Si4. The largest absolute Gasteiger partial charge is 0.500 e. The summed E-state index contributed by atoms with van der Waals surface area (Å²) in [6.07, 6.45) is 2.72. The Bertz CT molecular complexity index is 402. The number of rotatable bonds is 22. The van der Waals surface area contributed by atoms with Gasteiger partial charge in [-0.2, -0.15) is 0 Å². The van der Waals surface area contributed by atoms with Gasteiger partial charge in [-0.05, 0) is 37.4 Å². The summed E-state index contributed by atoms with van der Waals surface area (Å²) in [5, 5.41) is 0. The highest BCUT2D eigenvalue weighted by atomic mass is 28.4. The zero-order valence-electron chi connectivity index (χ0n) is 22.4. The molecule has 0 aromatic carbocycles. The average molecular weight is 549 g/mol. The fraction of sp³-hybridized carbons (Fsp3) is 1.00. The molecule has 14 heteroatoms. The molecule has 0 amide bonds. The lowest BCUT2D eigenvalue weighted by Gasteiger charge is -2.33. The van der Waals surface area contributed by atoms with Gasteiger partial charge in [0.05, 0.1) is 0 Å². The van der Waals surface area contributed by atoms with Crippen molar-refractivity contribution in [2.75, 3.05) is 71.1 Å². The van der Waals surface area contributed by atoms with E-state index in [4.69, 9.17) is 44.3 Å². The maximum absolute atomic E-state index is 6.30. The van der Waals surface area contributed by atoms with Gasteiger partial charge in [-0.3, -0.25) is 0 Å². The fourth-order valence-electron chi connectivity index (χ4n) is 4.23. The minimum absolute atomic E-state index is 0.744. The second-order valence-corrected chi connectivity index (χ2v) is 21.4. The standard InChI is InChI=1S/C19H48O10Si4/c1-20-30(14-11-17-31(21-2,22-3)23-4,15-12-18-32(24-5,25-6)26-7)16-13-19-33(27-8,28-9)29-10/h11-19H2,1-10H3. The van der Waals surface area contributed by atoms with Crippen molar-refractivity contribution in [3.05, 3.63) is 0 Å². The zero-order valence-corrected chi connectivity index (χ0v) is 26.4. The third-order valence-corrected chi connectivity index (χ3v) is 19.7. The topological polar surface area (TPSA) is 92.3 Å². The molecule has 0 atom stereocenters. The molecule has 0 saturated heterocycles. The van der Waals surface area contributed by atoms with E-state index in [0.717, 1.165) is 55.5 Å². The van der Waals surface area contributed by atoms with Crippen molar-refractivity contribution >= 4 is 34.7 Å². The van der Waals surface area contributed by atoms with E-state index >= 15 is 0 Å². The van der Waals surface area contributed by atoms with Crippen molar-refractivity contribution < 1.29 is 44.3 Å². The molecule has 0 rings (SSSR count). The molecule has 0 aliphatic rings. The van der Waals surface area contributed by atoms with Gasteiger partial charge in [0.25, 0.3) is 0 Å². The van der Waals surface area contributed by atoms with Crippen LogP contribution in [0.4, 0.5) is 0 Å². The van der Waals surface area contributed by atoms with Gasteiger partial charge >= 0.3 is 26.4 Å². The molecule has 0 aromatic rings. The van der Waals surface area contributed by atoms with Crippen LogP contribution in [-0.2, 0) is 44.3 Å². The number of hydrogen-bond donors (Lipinski definition) is 0. The molecule has 0 aliphatic carbocycles. The van der Waals surface area contributed by atoms with E-state index in [0.29, 0.717) is 0 Å². The molecular weight excluding hydrogens is 501 g/mol. The first-order valence-electron chi connectivity index (χ1n) is 11.2. The summed E-state index contributed by atoms with van der Waals surface area (Å²) in [6, 6.07) is 5.14. The quantitative estimate of drug-likeness (QED) is 0.187. The highest BCUT2D eigenvalue weighted by Gasteiger charge is 2.43. The second-order valence-electron chi connectivity index (χ2n) is 7.83. The molecule has 10 nitrogen and oxygen atoms in total. The first-order chi connectivity index (χ1) is 15.7. The summed E-state index contributed by atoms with van der Waals surface area (Å²) in [4.78, 5) is 0. The van der Waals surface area contributed by atoms with Crippen LogP contribution in [0.5, 0.6) is 0 Å². The van der Waals surface area contributed by atoms with Crippen LogP contribution in [0, 0.1) is 0 Å². The average Bonchev–Trinajstić information content (AvgIpc) is 2.87. The van der Waals surface area contributed by atoms with Gasteiger partial charge in [-0.25, -0.2) is 0 Å². The second kappa shape index (κ2) is 17.0. The minimum Gasteiger partial charge on any atom is -0.420 e. The van der Waals surface area contributed by atoms with Gasteiger partial charge in [-0.1, -0.05) is 0 Å². The minimum atomic E-state index is -2.63. The zero-order chi connectivity index (χ0) is 25.4. The Morgan fingerprint density at radius 3 is 0.667 bits per heavy atom. The molecule has 0 N–H and O–H groups in total. The van der Waals surface area contributed by atoms with Gasteiger partial charge in [0.15, 0.2) is 8.32 Å². The van der Waals surface area contributed by atoms with Crippen molar-refractivity contribution in [3.63, 3.8) is 0 Å². The molecule has 0 aliphatic heterocycles. The van der Waals surface area contributed by atoms with E-state index in [1.165, 1.54) is 0 Å². The Morgan fingerprint density at radius 1 is 0.303 bits per heavy atom. The van der Waals surface area contributed by atoms with Crippen molar-refractivity contribution in [1.29, 1.82) is 0 Å². The summed E-state index contributed by atoms with van der Waals surface area (Å²) < 4.78 is 56.7. The Balaban J connectivity index is 5.38. The van der Waals surface area contributed by atoms with E-state index < -0.39 is 34.7 Å². The van der Waals surface area contributed by atoms with Crippen LogP contribution >= 0.6 is 0 Å². The normalized spacial score (nSPS) is 13.6. The molecule has 0 bridgehead atoms. The van der Waals surface area contributed by atoms with Gasteiger partial charge in [0, 0.05) is 89.2 Å². The fourth-order valence-corrected chi connectivity index (χ4v) is 14.3. The molecule has 0 radical (unpaired) electrons. The van der Waals surface area contributed by atoms with E-state index in [1.54, 1.807) is 64.0 Å². The van der Waals surface area contributed by atoms with Gasteiger partial charge in [0.2, 0.25) is 0 Å². The Hall–Kier alpha value is 0.468. The molecule has 200 valence electrons. The molecule has 0 fully saturated rings. The summed E-state index contributed by atoms with van der Waals surface area (Å²) >= 11 is 0. The molecule has 0 aromatic heterocycles. The molecule has 33 heavy (non-hydrogen) atoms. The Morgan fingerprint density at radius 2 is 0.515 bits per heavy atom. The van der Waals surface area contributed by atoms with Gasteiger partial charge in [-0.15, -0.1) is 0 Å². The van der Waals surface area contributed by atoms with Crippen LogP contribution in [0.2, 0.25) is 36.3 Å². The van der Waals surface area contributed by atoms with Gasteiger partial charge in [0.1, 0.15) is 0 Å². The SMILES string of the molecule is CO[Si](CCC[Si](OC)(OC)OC)(CCC[Si](OC)(OC)OC)CCC[Si](OC)(OC)OC. The third-order valence-electron chi connectivity index (χ3n) is 6.58. The van der Waals surface area contributed by atoms with Crippen LogP contribution in [0.25, 0.3) is 0 Å². The van der Waals surface area contributed by atoms with Crippen molar-refractivity contribution in [2.45, 2.75) is 55.5 Å². The highest BCUT2D eigenvalue weighted by Crippen LogP contribution is 2.33. The predicted molar refractivity (Wildman–Crippen MR) is 136 cm³/mol. The van der Waals surface area contributed by atoms with Crippen LogP contribution in [0.15, 0.2) is 0 Å². The van der Waals surface area contributed by atoms with Crippen LogP contribution in [0.1, 0.15) is 19.3 Å². The van der Waals surface area contributed by atoms with Crippen LogP contribution in [0.3, 0.4) is 0 Å². The molecule has 0 unspecified atom stereocenters. The van der Waals surface area contributed by atoms with Crippen molar-refractivity contribution in [2.24, 2.45) is 0 Å². The lowest BCUT2D eigenvalue weighted by atomic mass is 10.5. The molecule has 0 saturated carbocycles. The summed E-state index contributed by atoms with van der Waals surface area (Å²) in [6.45, 7) is 0. The van der Waals surface area contributed by atoms with E-state index in [-0.39, 0.29) is 0 Å². The highest BCUT2D eigenvalue weighted by molar-refractivity contribution is 6.74. The first kappa shape index (κ1) is 33.5. The van der Waals surface area contributed by atoms with Gasteiger partial charge < -0.3 is 44.3 Å². The number of hydrogen-bond acceptors (Lipinski definition) is 10. The molecule has 0 spiro atoms. The monoisotopic (exact) mass is 548 g/mol. The van der Waals surface area contributed by atoms with E-state index in [1.807, 2.05) is 7.11 Å². The molecule has 0 heterocycles. The van der Waals surface area contributed by atoms with Crippen molar-refractivity contribution in [1.82, 2.24) is 0 Å². The van der Waals surface area contributed by atoms with E-state index in [2.05, 4.69) is 0 Å². The lowest BCUT2D eigenvalue weighted by molar-refractivity contribution is 0.123. The summed E-state index contributed by atoms with van der Waals surface area (Å²) in [5.74, 6) is 0.